The van der Waals surface area contributed by atoms with Crippen LogP contribution < -0.4 is 4.74 Å². The molecule has 7 heteroatoms. The second-order valence-electron chi connectivity index (χ2n) is 6.04. The van der Waals surface area contributed by atoms with Crippen LogP contribution in [-0.2, 0) is 4.79 Å². The molecular formula is C18H19N5O2. The van der Waals surface area contributed by atoms with E-state index in [0.717, 1.165) is 31.5 Å². The maximum Gasteiger partial charge on any atom is 0.261 e. The number of nitrogens with zero attached hydrogens (tertiary/aromatic N) is 5. The zero-order valence-electron chi connectivity index (χ0n) is 13.8. The summed E-state index contributed by atoms with van der Waals surface area (Å²) in [5.74, 6) is 1.24. The van der Waals surface area contributed by atoms with E-state index in [-0.39, 0.29) is 18.6 Å². The minimum atomic E-state index is -0.0344. The van der Waals surface area contributed by atoms with Gasteiger partial charge in [-0.3, -0.25) is 4.79 Å². The van der Waals surface area contributed by atoms with Crippen molar-refractivity contribution in [1.29, 1.82) is 0 Å². The number of aromatic nitrogens is 4. The molecule has 1 atom stereocenters. The van der Waals surface area contributed by atoms with Crippen molar-refractivity contribution in [3.05, 3.63) is 54.6 Å². The Morgan fingerprint density at radius 3 is 2.92 bits per heavy atom. The second-order valence-corrected chi connectivity index (χ2v) is 6.04. The molecule has 0 unspecified atom stereocenters. The summed E-state index contributed by atoms with van der Waals surface area (Å²) < 4.78 is 7.36. The third kappa shape index (κ3) is 3.17. The summed E-state index contributed by atoms with van der Waals surface area (Å²) >= 11 is 0. The standard InChI is InChI=1S/C18H19N5O2/c24-17(12-25-14-6-2-1-3-7-14)22-11-5-4-8-15(22)16-9-10-19-18-20-13-21-23(16)18/h1-3,6-7,9-10,13,15H,4-5,8,11-12H2/t15-/m1/s1. The number of piperidine rings is 1. The van der Waals surface area contributed by atoms with Gasteiger partial charge in [0, 0.05) is 12.7 Å². The number of para-hydroxylation sites is 1. The minimum Gasteiger partial charge on any atom is -0.484 e. The molecule has 1 aromatic carbocycles. The number of hydrogen-bond donors (Lipinski definition) is 0. The normalized spacial score (nSPS) is 17.6. The molecule has 0 bridgehead atoms. The Morgan fingerprint density at radius 2 is 2.04 bits per heavy atom. The van der Waals surface area contributed by atoms with E-state index in [1.807, 2.05) is 41.3 Å². The van der Waals surface area contributed by atoms with Crippen LogP contribution in [0.25, 0.3) is 5.78 Å². The van der Waals surface area contributed by atoms with Gasteiger partial charge in [-0.05, 0) is 37.5 Å². The van der Waals surface area contributed by atoms with Crippen molar-refractivity contribution in [3.8, 4) is 5.75 Å². The largest absolute Gasteiger partial charge is 0.484 e. The number of rotatable bonds is 4. The number of carbonyl (C=O) groups is 1. The third-order valence-electron chi connectivity index (χ3n) is 4.48. The molecule has 25 heavy (non-hydrogen) atoms. The van der Waals surface area contributed by atoms with E-state index in [4.69, 9.17) is 4.74 Å². The fraction of sp³-hybridized carbons (Fsp3) is 0.333. The van der Waals surface area contributed by atoms with Crippen molar-refractivity contribution in [2.24, 2.45) is 0 Å². The molecule has 128 valence electrons. The Balaban J connectivity index is 1.54. The molecule has 3 heterocycles. The minimum absolute atomic E-state index is 0.0152. The lowest BCUT2D eigenvalue weighted by atomic mass is 9.99. The fourth-order valence-corrected chi connectivity index (χ4v) is 3.29. The van der Waals surface area contributed by atoms with E-state index >= 15 is 0 Å². The van der Waals surface area contributed by atoms with Crippen LogP contribution in [0, 0.1) is 0 Å². The summed E-state index contributed by atoms with van der Waals surface area (Å²) in [7, 11) is 0. The van der Waals surface area contributed by atoms with Crippen LogP contribution in [0.15, 0.2) is 48.9 Å². The Labute approximate surface area is 145 Å². The van der Waals surface area contributed by atoms with Crippen LogP contribution >= 0.6 is 0 Å². The number of fused-ring (bicyclic) bond motifs is 1. The van der Waals surface area contributed by atoms with Gasteiger partial charge in [0.15, 0.2) is 6.61 Å². The van der Waals surface area contributed by atoms with Gasteiger partial charge in [-0.25, -0.2) is 4.98 Å². The predicted molar refractivity (Wildman–Crippen MR) is 91.0 cm³/mol. The van der Waals surface area contributed by atoms with Gasteiger partial charge in [-0.15, -0.1) is 0 Å². The third-order valence-corrected chi connectivity index (χ3v) is 4.48. The molecule has 7 nitrogen and oxygen atoms in total. The SMILES string of the molecule is O=C(COc1ccccc1)N1CCCC[C@@H]1c1ccnc2ncnn12. The lowest BCUT2D eigenvalue weighted by Gasteiger charge is -2.35. The molecule has 3 aromatic rings. The van der Waals surface area contributed by atoms with Crippen LogP contribution in [0.5, 0.6) is 5.75 Å². The van der Waals surface area contributed by atoms with Crippen LogP contribution in [0.3, 0.4) is 0 Å². The summed E-state index contributed by atoms with van der Waals surface area (Å²) in [6.07, 6.45) is 6.18. The van der Waals surface area contributed by atoms with Crippen molar-refractivity contribution in [1.82, 2.24) is 24.5 Å². The van der Waals surface area contributed by atoms with E-state index < -0.39 is 0 Å². The van der Waals surface area contributed by atoms with E-state index in [1.54, 1.807) is 10.7 Å². The van der Waals surface area contributed by atoms with Gasteiger partial charge in [0.1, 0.15) is 12.1 Å². The average molecular weight is 337 g/mol. The number of benzene rings is 1. The van der Waals surface area contributed by atoms with Crippen molar-refractivity contribution in [2.75, 3.05) is 13.2 Å². The van der Waals surface area contributed by atoms with E-state index in [1.165, 1.54) is 6.33 Å². The van der Waals surface area contributed by atoms with Gasteiger partial charge in [-0.2, -0.15) is 14.6 Å². The summed E-state index contributed by atoms with van der Waals surface area (Å²) in [6.45, 7) is 0.756. The quantitative estimate of drug-likeness (QED) is 0.730. The highest BCUT2D eigenvalue weighted by Crippen LogP contribution is 2.30. The number of ether oxygens (including phenoxy) is 1. The summed E-state index contributed by atoms with van der Waals surface area (Å²) in [4.78, 5) is 23.0. The Bertz CT molecular complexity index is 864. The zero-order chi connectivity index (χ0) is 17.1. The number of amides is 1. The highest BCUT2D eigenvalue weighted by atomic mass is 16.5. The fourth-order valence-electron chi connectivity index (χ4n) is 3.29. The van der Waals surface area contributed by atoms with E-state index in [0.29, 0.717) is 11.5 Å². The molecule has 4 rings (SSSR count). The Kier molecular flexibility index (Phi) is 4.28. The van der Waals surface area contributed by atoms with Gasteiger partial charge in [0.25, 0.3) is 11.7 Å². The molecule has 0 radical (unpaired) electrons. The highest BCUT2D eigenvalue weighted by molar-refractivity contribution is 5.78. The first-order valence-electron chi connectivity index (χ1n) is 8.45. The van der Waals surface area contributed by atoms with Crippen LogP contribution in [0.1, 0.15) is 31.0 Å². The molecule has 0 N–H and O–H groups in total. The smallest absolute Gasteiger partial charge is 0.261 e. The van der Waals surface area contributed by atoms with E-state index in [2.05, 4.69) is 15.1 Å². The van der Waals surface area contributed by atoms with Crippen molar-refractivity contribution in [3.63, 3.8) is 0 Å². The first kappa shape index (κ1) is 15.6. The number of hydrogen-bond acceptors (Lipinski definition) is 5. The number of carbonyl (C=O) groups excluding carboxylic acids is 1. The summed E-state index contributed by atoms with van der Waals surface area (Å²) in [6, 6.07) is 11.3. The maximum atomic E-state index is 12.8. The molecule has 2 aromatic heterocycles. The molecule has 1 saturated heterocycles. The molecule has 0 saturated carbocycles. The van der Waals surface area contributed by atoms with Crippen molar-refractivity contribution >= 4 is 11.7 Å². The molecule has 0 aliphatic carbocycles. The predicted octanol–water partition coefficient (Wildman–Crippen LogP) is 2.26. The highest BCUT2D eigenvalue weighted by Gasteiger charge is 2.30. The van der Waals surface area contributed by atoms with Gasteiger partial charge < -0.3 is 9.64 Å². The molecule has 1 amide bonds. The monoisotopic (exact) mass is 337 g/mol. The molecule has 1 aliphatic heterocycles. The van der Waals surface area contributed by atoms with Gasteiger partial charge in [0.2, 0.25) is 0 Å². The molecular weight excluding hydrogens is 318 g/mol. The van der Waals surface area contributed by atoms with E-state index in [9.17, 15) is 4.79 Å². The van der Waals surface area contributed by atoms with Crippen molar-refractivity contribution < 1.29 is 9.53 Å². The molecule has 1 aliphatic rings. The number of likely N-dealkylation sites (tertiary alicyclic amines) is 1. The lowest BCUT2D eigenvalue weighted by molar-refractivity contribution is -0.137. The molecule has 1 fully saturated rings. The van der Waals surface area contributed by atoms with Crippen LogP contribution in [0.2, 0.25) is 0 Å². The van der Waals surface area contributed by atoms with Crippen LogP contribution in [-0.4, -0.2) is 43.5 Å². The summed E-state index contributed by atoms with van der Waals surface area (Å²) in [5, 5.41) is 4.26. The Morgan fingerprint density at radius 1 is 1.16 bits per heavy atom. The lowest BCUT2D eigenvalue weighted by Crippen LogP contribution is -2.41. The van der Waals surface area contributed by atoms with Gasteiger partial charge >= 0.3 is 0 Å². The zero-order valence-corrected chi connectivity index (χ0v) is 13.8. The molecule has 0 spiro atoms. The topological polar surface area (TPSA) is 72.6 Å². The second kappa shape index (κ2) is 6.88. The van der Waals surface area contributed by atoms with Gasteiger partial charge in [-0.1, -0.05) is 18.2 Å². The Hall–Kier alpha value is -2.96. The van der Waals surface area contributed by atoms with Gasteiger partial charge in [0.05, 0.1) is 11.7 Å². The van der Waals surface area contributed by atoms with Crippen LogP contribution in [0.4, 0.5) is 0 Å². The summed E-state index contributed by atoms with van der Waals surface area (Å²) in [5.41, 5.74) is 0.940. The average Bonchev–Trinajstić information content (AvgIpc) is 3.16. The first-order chi connectivity index (χ1) is 12.3. The van der Waals surface area contributed by atoms with Crippen molar-refractivity contribution in [2.45, 2.75) is 25.3 Å². The first-order valence-corrected chi connectivity index (χ1v) is 8.45. The maximum absolute atomic E-state index is 12.8.